The van der Waals surface area contributed by atoms with Crippen molar-refractivity contribution in [2.24, 2.45) is 5.10 Å². The second kappa shape index (κ2) is 5.16. The third-order valence-corrected chi connectivity index (χ3v) is 2.74. The van der Waals surface area contributed by atoms with Crippen molar-refractivity contribution in [3.05, 3.63) is 21.3 Å². The molecule has 0 saturated carbocycles. The normalized spacial score (nSPS) is 10.3. The molecule has 1 heterocycles. The molecule has 0 atom stereocenters. The van der Waals surface area contributed by atoms with Crippen molar-refractivity contribution in [1.82, 2.24) is 10.7 Å². The summed E-state index contributed by atoms with van der Waals surface area (Å²) in [5, 5.41) is 9.00. The van der Waals surface area contributed by atoms with Crippen molar-refractivity contribution in [1.29, 1.82) is 0 Å². The minimum atomic E-state index is 0.475. The Balaban J connectivity index is 2.50. The highest BCUT2D eigenvalue weighted by atomic mass is 35.5. The van der Waals surface area contributed by atoms with Gasteiger partial charge in [-0.2, -0.15) is 5.10 Å². The van der Waals surface area contributed by atoms with Crippen LogP contribution in [0.2, 0.25) is 4.34 Å². The van der Waals surface area contributed by atoms with Gasteiger partial charge in [0, 0.05) is 12.6 Å². The zero-order valence-electron chi connectivity index (χ0n) is 6.87. The van der Waals surface area contributed by atoms with E-state index in [4.69, 9.17) is 23.8 Å². The van der Waals surface area contributed by atoms with E-state index in [1.54, 1.807) is 13.3 Å². The maximum Gasteiger partial charge on any atom is 0.186 e. The lowest BCUT2D eigenvalue weighted by Gasteiger charge is -1.98. The summed E-state index contributed by atoms with van der Waals surface area (Å²) < 4.78 is 0.723. The minimum absolute atomic E-state index is 0.475. The van der Waals surface area contributed by atoms with Crippen LogP contribution in [0.3, 0.4) is 0 Å². The van der Waals surface area contributed by atoms with Crippen molar-refractivity contribution in [3.8, 4) is 0 Å². The van der Waals surface area contributed by atoms with Gasteiger partial charge in [-0.3, -0.25) is 5.43 Å². The van der Waals surface area contributed by atoms with Gasteiger partial charge in [-0.1, -0.05) is 11.6 Å². The van der Waals surface area contributed by atoms with Crippen molar-refractivity contribution in [3.63, 3.8) is 0 Å². The molecule has 0 aliphatic rings. The average Bonchev–Trinajstić information content (AvgIpc) is 2.52. The Morgan fingerprint density at radius 1 is 1.77 bits per heavy atom. The Hall–Kier alpha value is -0.650. The third kappa shape index (κ3) is 3.30. The molecular weight excluding hydrogens is 226 g/mol. The molecule has 1 rings (SSSR count). The van der Waals surface area contributed by atoms with E-state index in [0.717, 1.165) is 9.90 Å². The van der Waals surface area contributed by atoms with Gasteiger partial charge in [-0.15, -0.1) is 11.3 Å². The van der Waals surface area contributed by atoms with Gasteiger partial charge in [0.05, 0.1) is 6.21 Å². The zero-order chi connectivity index (χ0) is 9.68. The average molecular weight is 234 g/mol. The molecule has 0 fully saturated rings. The molecule has 70 valence electrons. The van der Waals surface area contributed by atoms with Gasteiger partial charge in [0.1, 0.15) is 4.34 Å². The smallest absolute Gasteiger partial charge is 0.186 e. The van der Waals surface area contributed by atoms with Crippen LogP contribution in [0.5, 0.6) is 0 Å². The molecule has 0 aliphatic carbocycles. The number of hydrazone groups is 1. The summed E-state index contributed by atoms with van der Waals surface area (Å²) in [6.45, 7) is 0. The predicted octanol–water partition coefficient (Wildman–Crippen LogP) is 1.83. The summed E-state index contributed by atoms with van der Waals surface area (Å²) >= 11 is 12.1. The molecule has 0 amide bonds. The molecule has 0 aromatic carbocycles. The summed E-state index contributed by atoms with van der Waals surface area (Å²) in [5.74, 6) is 0. The first-order valence-electron chi connectivity index (χ1n) is 3.48. The lowest BCUT2D eigenvalue weighted by molar-refractivity contribution is 0.982. The molecule has 0 radical (unpaired) electrons. The van der Waals surface area contributed by atoms with Gasteiger partial charge in [-0.25, -0.2) is 0 Å². The number of nitrogens with one attached hydrogen (secondary N) is 2. The minimum Gasteiger partial charge on any atom is -0.364 e. The van der Waals surface area contributed by atoms with Crippen molar-refractivity contribution < 1.29 is 0 Å². The van der Waals surface area contributed by atoms with Gasteiger partial charge in [-0.05, 0) is 23.7 Å². The highest BCUT2D eigenvalue weighted by molar-refractivity contribution is 7.80. The Kier molecular flexibility index (Phi) is 4.14. The molecule has 0 aliphatic heterocycles. The van der Waals surface area contributed by atoms with E-state index >= 15 is 0 Å². The van der Waals surface area contributed by atoms with E-state index in [1.807, 2.05) is 11.4 Å². The number of hydrogen-bond donors (Lipinski definition) is 2. The lowest BCUT2D eigenvalue weighted by atomic mass is 10.4. The Labute approximate surface area is 90.8 Å². The molecule has 6 heteroatoms. The molecular formula is C7H8ClN3S2. The quantitative estimate of drug-likeness (QED) is 0.465. The Morgan fingerprint density at radius 3 is 3.08 bits per heavy atom. The molecule has 1 aromatic heterocycles. The number of nitrogens with zero attached hydrogens (tertiary/aromatic N) is 1. The van der Waals surface area contributed by atoms with E-state index in [-0.39, 0.29) is 0 Å². The second-order valence-corrected chi connectivity index (χ2v) is 4.03. The summed E-state index contributed by atoms with van der Waals surface area (Å²) in [5.41, 5.74) is 3.52. The lowest BCUT2D eigenvalue weighted by Crippen LogP contribution is -2.28. The number of thiocarbonyl (C=S) groups is 1. The number of hydrogen-bond acceptors (Lipinski definition) is 3. The second-order valence-electron chi connectivity index (χ2n) is 2.10. The summed E-state index contributed by atoms with van der Waals surface area (Å²) in [7, 11) is 1.72. The Morgan fingerprint density at radius 2 is 2.54 bits per heavy atom. The molecule has 3 nitrogen and oxygen atoms in total. The molecule has 0 spiro atoms. The topological polar surface area (TPSA) is 36.4 Å². The van der Waals surface area contributed by atoms with Gasteiger partial charge in [0.2, 0.25) is 0 Å². The number of halogens is 1. The zero-order valence-corrected chi connectivity index (χ0v) is 9.26. The maximum absolute atomic E-state index is 5.84. The molecule has 0 unspecified atom stereocenters. The Bertz CT molecular complexity index is 321. The van der Waals surface area contributed by atoms with E-state index in [0.29, 0.717) is 5.11 Å². The van der Waals surface area contributed by atoms with E-state index in [2.05, 4.69) is 15.8 Å². The number of thiophene rings is 1. The monoisotopic (exact) mass is 233 g/mol. The summed E-state index contributed by atoms with van der Waals surface area (Å²) in [4.78, 5) is 0. The summed E-state index contributed by atoms with van der Waals surface area (Å²) in [6, 6.07) is 1.89. The molecule has 0 bridgehead atoms. The van der Waals surface area contributed by atoms with Crippen molar-refractivity contribution in [2.75, 3.05) is 7.05 Å². The van der Waals surface area contributed by atoms with Crippen LogP contribution in [-0.4, -0.2) is 18.4 Å². The van der Waals surface area contributed by atoms with Crippen LogP contribution in [0.25, 0.3) is 0 Å². The van der Waals surface area contributed by atoms with E-state index in [9.17, 15) is 0 Å². The van der Waals surface area contributed by atoms with Crippen LogP contribution >= 0.6 is 35.2 Å². The van der Waals surface area contributed by atoms with Gasteiger partial charge in [0.15, 0.2) is 5.11 Å². The molecule has 2 N–H and O–H groups in total. The highest BCUT2D eigenvalue weighted by Gasteiger charge is 1.96. The largest absolute Gasteiger partial charge is 0.364 e. The first-order chi connectivity index (χ1) is 6.24. The van der Waals surface area contributed by atoms with E-state index in [1.165, 1.54) is 11.3 Å². The van der Waals surface area contributed by atoms with Gasteiger partial charge >= 0.3 is 0 Å². The third-order valence-electron chi connectivity index (χ3n) is 1.24. The van der Waals surface area contributed by atoms with Crippen LogP contribution < -0.4 is 10.7 Å². The maximum atomic E-state index is 5.84. The van der Waals surface area contributed by atoms with Crippen LogP contribution in [0, 0.1) is 0 Å². The van der Waals surface area contributed by atoms with Crippen LogP contribution in [-0.2, 0) is 0 Å². The molecule has 0 saturated heterocycles. The highest BCUT2D eigenvalue weighted by Crippen LogP contribution is 2.20. The molecule has 1 aromatic rings. The van der Waals surface area contributed by atoms with Crippen LogP contribution in [0.4, 0.5) is 0 Å². The SMILES string of the molecule is CNC(=S)N/N=C/c1ccsc1Cl. The van der Waals surface area contributed by atoms with Crippen molar-refractivity contribution in [2.45, 2.75) is 0 Å². The van der Waals surface area contributed by atoms with Crippen molar-refractivity contribution >= 4 is 46.5 Å². The van der Waals surface area contributed by atoms with Crippen LogP contribution in [0.1, 0.15) is 5.56 Å². The standard InChI is InChI=1S/C7H8ClN3S2/c1-9-7(12)11-10-4-5-2-3-13-6(5)8/h2-4H,1H3,(H2,9,11,12)/b10-4+. The fourth-order valence-electron chi connectivity index (χ4n) is 0.611. The van der Waals surface area contributed by atoms with Gasteiger partial charge < -0.3 is 5.32 Å². The fraction of sp³-hybridized carbons (Fsp3) is 0.143. The first kappa shape index (κ1) is 10.4. The molecule has 13 heavy (non-hydrogen) atoms. The first-order valence-corrected chi connectivity index (χ1v) is 5.14. The number of rotatable bonds is 2. The predicted molar refractivity (Wildman–Crippen MR) is 61.7 cm³/mol. The van der Waals surface area contributed by atoms with Crippen LogP contribution in [0.15, 0.2) is 16.5 Å². The fourth-order valence-corrected chi connectivity index (χ4v) is 1.52. The van der Waals surface area contributed by atoms with E-state index < -0.39 is 0 Å². The van der Waals surface area contributed by atoms with Gasteiger partial charge in [0.25, 0.3) is 0 Å². The summed E-state index contributed by atoms with van der Waals surface area (Å²) in [6.07, 6.45) is 1.63.